The van der Waals surface area contributed by atoms with Crippen LogP contribution in [-0.2, 0) is 4.74 Å². The highest BCUT2D eigenvalue weighted by Gasteiger charge is 2.25. The maximum atomic E-state index is 13.0. The number of piperidine rings is 1. The molecule has 25 heavy (non-hydrogen) atoms. The first-order chi connectivity index (χ1) is 11.8. The second-order valence-electron chi connectivity index (χ2n) is 6.20. The van der Waals surface area contributed by atoms with Gasteiger partial charge in [-0.3, -0.25) is 4.79 Å². The number of hydrogen-bond donors (Lipinski definition) is 1. The Hall–Kier alpha value is -1.30. The molecule has 1 aromatic rings. The van der Waals surface area contributed by atoms with E-state index in [1.807, 2.05) is 29.2 Å². The van der Waals surface area contributed by atoms with Crippen molar-refractivity contribution in [2.45, 2.75) is 38.6 Å². The number of carbonyl (C=O) groups excluding carboxylic acids is 1. The molecule has 6 heteroatoms. The van der Waals surface area contributed by atoms with E-state index in [1.165, 1.54) is 0 Å². The van der Waals surface area contributed by atoms with Gasteiger partial charge in [-0.15, -0.1) is 12.4 Å². The van der Waals surface area contributed by atoms with Gasteiger partial charge in [-0.1, -0.05) is 13.0 Å². The number of hydrogen-bond acceptors (Lipinski definition) is 4. The lowest BCUT2D eigenvalue weighted by Gasteiger charge is -2.34. The lowest BCUT2D eigenvalue weighted by Crippen LogP contribution is -2.46. The van der Waals surface area contributed by atoms with Crippen LogP contribution in [0.5, 0.6) is 5.75 Å². The molecule has 1 heterocycles. The molecule has 2 rings (SSSR count). The van der Waals surface area contributed by atoms with E-state index in [-0.39, 0.29) is 18.3 Å². The molecule has 0 bridgehead atoms. The smallest absolute Gasteiger partial charge is 0.254 e. The third-order valence-electron chi connectivity index (χ3n) is 4.32. The summed E-state index contributed by atoms with van der Waals surface area (Å²) in [7, 11) is 1.68. The molecule has 0 radical (unpaired) electrons. The van der Waals surface area contributed by atoms with Crippen LogP contribution in [0.25, 0.3) is 0 Å². The minimum atomic E-state index is 0. The number of carbonyl (C=O) groups is 1. The van der Waals surface area contributed by atoms with Crippen LogP contribution in [-0.4, -0.2) is 56.8 Å². The van der Waals surface area contributed by atoms with Crippen LogP contribution < -0.4 is 10.1 Å². The summed E-state index contributed by atoms with van der Waals surface area (Å²) in [5.74, 6) is 0.866. The van der Waals surface area contributed by atoms with Gasteiger partial charge in [0.25, 0.3) is 5.91 Å². The summed E-state index contributed by atoms with van der Waals surface area (Å²) >= 11 is 0. The first-order valence-corrected chi connectivity index (χ1v) is 8.99. The van der Waals surface area contributed by atoms with E-state index >= 15 is 0 Å². The van der Waals surface area contributed by atoms with Crippen molar-refractivity contribution in [3.8, 4) is 5.75 Å². The standard InChI is InChI=1S/C19H30N2O3.ClH/c1-3-12-21(17-8-10-20-11-9-17)19(22)16-6-4-7-18(15-16)24-14-5-13-23-2;/h4,6-7,15,17,20H,3,5,8-14H2,1-2H3;1H. The molecule has 1 aromatic carbocycles. The van der Waals surface area contributed by atoms with Crippen molar-refractivity contribution >= 4 is 18.3 Å². The minimum absolute atomic E-state index is 0. The van der Waals surface area contributed by atoms with E-state index in [4.69, 9.17) is 9.47 Å². The minimum Gasteiger partial charge on any atom is -0.493 e. The molecule has 1 N–H and O–H groups in total. The maximum Gasteiger partial charge on any atom is 0.254 e. The number of methoxy groups -OCH3 is 1. The first kappa shape index (κ1) is 21.7. The zero-order valence-electron chi connectivity index (χ0n) is 15.3. The second kappa shape index (κ2) is 12.1. The number of benzene rings is 1. The van der Waals surface area contributed by atoms with E-state index in [9.17, 15) is 4.79 Å². The second-order valence-corrected chi connectivity index (χ2v) is 6.20. The number of rotatable bonds is 9. The first-order valence-electron chi connectivity index (χ1n) is 8.99. The van der Waals surface area contributed by atoms with E-state index in [2.05, 4.69) is 12.2 Å². The van der Waals surface area contributed by atoms with Crippen LogP contribution >= 0.6 is 12.4 Å². The molecule has 1 aliphatic heterocycles. The Labute approximate surface area is 157 Å². The number of ether oxygens (including phenoxy) is 2. The third-order valence-corrected chi connectivity index (χ3v) is 4.32. The lowest BCUT2D eigenvalue weighted by molar-refractivity contribution is 0.0642. The van der Waals surface area contributed by atoms with Crippen molar-refractivity contribution in [3.05, 3.63) is 29.8 Å². The van der Waals surface area contributed by atoms with Gasteiger partial charge in [0.05, 0.1) is 6.61 Å². The van der Waals surface area contributed by atoms with Crippen molar-refractivity contribution in [3.63, 3.8) is 0 Å². The van der Waals surface area contributed by atoms with Crippen molar-refractivity contribution in [2.24, 2.45) is 0 Å². The summed E-state index contributed by atoms with van der Waals surface area (Å²) in [6.07, 6.45) is 3.87. The number of halogens is 1. The zero-order valence-corrected chi connectivity index (χ0v) is 16.1. The molecule has 0 unspecified atom stereocenters. The molecule has 0 spiro atoms. The Morgan fingerprint density at radius 3 is 2.72 bits per heavy atom. The van der Waals surface area contributed by atoms with Gasteiger partial charge < -0.3 is 19.7 Å². The predicted molar refractivity (Wildman–Crippen MR) is 103 cm³/mol. The topological polar surface area (TPSA) is 50.8 Å². The molecule has 5 nitrogen and oxygen atoms in total. The van der Waals surface area contributed by atoms with Crippen LogP contribution in [0.15, 0.2) is 24.3 Å². The molecule has 0 atom stereocenters. The van der Waals surface area contributed by atoms with Gasteiger partial charge in [-0.05, 0) is 50.6 Å². The molecule has 1 aliphatic rings. The fraction of sp³-hybridized carbons (Fsp3) is 0.632. The fourth-order valence-electron chi connectivity index (χ4n) is 3.09. The molecule has 142 valence electrons. The average Bonchev–Trinajstić information content (AvgIpc) is 2.64. The van der Waals surface area contributed by atoms with Crippen molar-refractivity contribution in [1.82, 2.24) is 10.2 Å². The Bertz CT molecular complexity index is 507. The van der Waals surface area contributed by atoms with Crippen LogP contribution in [0, 0.1) is 0 Å². The van der Waals surface area contributed by atoms with Crippen molar-refractivity contribution in [2.75, 3.05) is 40.0 Å². The van der Waals surface area contributed by atoms with Crippen molar-refractivity contribution < 1.29 is 14.3 Å². The van der Waals surface area contributed by atoms with Crippen LogP contribution in [0.1, 0.15) is 43.0 Å². The highest BCUT2D eigenvalue weighted by atomic mass is 35.5. The van der Waals surface area contributed by atoms with Gasteiger partial charge in [0.15, 0.2) is 0 Å². The highest BCUT2D eigenvalue weighted by Crippen LogP contribution is 2.19. The van der Waals surface area contributed by atoms with Gasteiger partial charge in [-0.2, -0.15) is 0 Å². The molecular formula is C19H31ClN2O3. The van der Waals surface area contributed by atoms with Crippen molar-refractivity contribution in [1.29, 1.82) is 0 Å². The van der Waals surface area contributed by atoms with E-state index in [0.717, 1.165) is 51.1 Å². The van der Waals surface area contributed by atoms with E-state index in [1.54, 1.807) is 7.11 Å². The number of amides is 1. The molecule has 1 amide bonds. The van der Waals surface area contributed by atoms with Gasteiger partial charge in [0, 0.05) is 38.3 Å². The van der Waals surface area contributed by atoms with Crippen LogP contribution in [0.2, 0.25) is 0 Å². The molecule has 0 aliphatic carbocycles. The van der Waals surface area contributed by atoms with E-state index in [0.29, 0.717) is 24.8 Å². The average molecular weight is 371 g/mol. The Morgan fingerprint density at radius 2 is 2.04 bits per heavy atom. The quantitative estimate of drug-likeness (QED) is 0.678. The third kappa shape index (κ3) is 6.84. The summed E-state index contributed by atoms with van der Waals surface area (Å²) in [6, 6.07) is 7.88. The maximum absolute atomic E-state index is 13.0. The molecule has 1 fully saturated rings. The molecule has 0 saturated carbocycles. The summed E-state index contributed by atoms with van der Waals surface area (Å²) < 4.78 is 10.7. The largest absolute Gasteiger partial charge is 0.493 e. The fourth-order valence-corrected chi connectivity index (χ4v) is 3.09. The summed E-state index contributed by atoms with van der Waals surface area (Å²) in [5.41, 5.74) is 0.714. The zero-order chi connectivity index (χ0) is 17.2. The molecular weight excluding hydrogens is 340 g/mol. The SMILES string of the molecule is CCCN(C(=O)c1cccc(OCCCOC)c1)C1CCNCC1.Cl. The Balaban J connectivity index is 0.00000312. The monoisotopic (exact) mass is 370 g/mol. The summed E-state index contributed by atoms with van der Waals surface area (Å²) in [6.45, 7) is 6.18. The summed E-state index contributed by atoms with van der Waals surface area (Å²) in [5, 5.41) is 3.36. The van der Waals surface area contributed by atoms with E-state index < -0.39 is 0 Å². The predicted octanol–water partition coefficient (Wildman–Crippen LogP) is 3.13. The van der Waals surface area contributed by atoms with Gasteiger partial charge in [-0.25, -0.2) is 0 Å². The highest BCUT2D eigenvalue weighted by molar-refractivity contribution is 5.94. The Morgan fingerprint density at radius 1 is 1.28 bits per heavy atom. The van der Waals surface area contributed by atoms with Gasteiger partial charge >= 0.3 is 0 Å². The van der Waals surface area contributed by atoms with Crippen LogP contribution in [0.3, 0.4) is 0 Å². The van der Waals surface area contributed by atoms with Crippen LogP contribution in [0.4, 0.5) is 0 Å². The Kier molecular flexibility index (Phi) is 10.5. The summed E-state index contributed by atoms with van der Waals surface area (Å²) in [4.78, 5) is 15.0. The number of nitrogens with one attached hydrogen (secondary N) is 1. The van der Waals surface area contributed by atoms with Gasteiger partial charge in [0.1, 0.15) is 5.75 Å². The molecule has 1 saturated heterocycles. The van der Waals surface area contributed by atoms with Gasteiger partial charge in [0.2, 0.25) is 0 Å². The number of nitrogens with zero attached hydrogens (tertiary/aromatic N) is 1. The lowest BCUT2D eigenvalue weighted by atomic mass is 10.0. The molecule has 0 aromatic heterocycles. The normalized spacial score (nSPS) is 14.6.